The minimum Gasteiger partial charge on any atom is -0.480 e. The monoisotopic (exact) mass is 557 g/mol. The number of anilines is 2. The summed E-state index contributed by atoms with van der Waals surface area (Å²) in [4.78, 5) is 46.6. The number of carbonyl (C=O) groups excluding carboxylic acids is 2. The molecule has 1 aliphatic heterocycles. The highest BCUT2D eigenvalue weighted by Crippen LogP contribution is 2.36. The maximum atomic E-state index is 14.4. The molecule has 0 atom stereocenters. The molecule has 1 aliphatic rings. The lowest BCUT2D eigenvalue weighted by Crippen LogP contribution is -2.52. The Labute approximate surface area is 215 Å². The zero-order valence-corrected chi connectivity index (χ0v) is 20.1. The fourth-order valence-corrected chi connectivity index (χ4v) is 4.57. The van der Waals surface area contributed by atoms with Crippen LogP contribution in [0.3, 0.4) is 0 Å². The van der Waals surface area contributed by atoms with Crippen molar-refractivity contribution in [2.24, 2.45) is 0 Å². The van der Waals surface area contributed by atoms with E-state index in [2.05, 4.69) is 15.3 Å². The normalized spacial score (nSPS) is 14.1. The van der Waals surface area contributed by atoms with Crippen LogP contribution in [0.2, 0.25) is 5.02 Å². The number of pyridine rings is 1. The summed E-state index contributed by atoms with van der Waals surface area (Å²) in [7, 11) is 0. The predicted molar refractivity (Wildman–Crippen MR) is 126 cm³/mol. The highest BCUT2D eigenvalue weighted by Gasteiger charge is 2.35. The number of carbonyl (C=O) groups is 3. The average molecular weight is 558 g/mol. The fraction of sp³-hybridized carbons (Fsp3) is 0.227. The molecule has 15 heteroatoms. The zero-order chi connectivity index (χ0) is 26.9. The van der Waals surface area contributed by atoms with Crippen LogP contribution in [0, 0.1) is 5.82 Å². The largest absolute Gasteiger partial charge is 0.480 e. The highest BCUT2D eigenvalue weighted by molar-refractivity contribution is 7.14. The van der Waals surface area contributed by atoms with Gasteiger partial charge in [-0.15, -0.1) is 11.3 Å². The number of benzene rings is 1. The van der Waals surface area contributed by atoms with E-state index in [4.69, 9.17) is 16.7 Å². The number of carboxylic acids is 1. The summed E-state index contributed by atoms with van der Waals surface area (Å²) in [6.07, 6.45) is -3.66. The molecule has 0 unspecified atom stereocenters. The zero-order valence-electron chi connectivity index (χ0n) is 18.6. The molecule has 0 radical (unpaired) electrons. The molecule has 9 nitrogen and oxygen atoms in total. The van der Waals surface area contributed by atoms with Crippen molar-refractivity contribution >= 4 is 51.7 Å². The number of rotatable bonds is 6. The molecule has 3 heterocycles. The van der Waals surface area contributed by atoms with Gasteiger partial charge in [0.1, 0.15) is 18.2 Å². The van der Waals surface area contributed by atoms with E-state index in [1.165, 1.54) is 22.5 Å². The van der Waals surface area contributed by atoms with Gasteiger partial charge in [0.25, 0.3) is 5.91 Å². The third-order valence-corrected chi connectivity index (χ3v) is 6.37. The van der Waals surface area contributed by atoms with E-state index >= 15 is 0 Å². The molecule has 0 spiro atoms. The van der Waals surface area contributed by atoms with Crippen LogP contribution in [0.1, 0.15) is 15.9 Å². The summed E-state index contributed by atoms with van der Waals surface area (Å²) in [6.45, 7) is -0.110. The number of amides is 2. The Morgan fingerprint density at radius 3 is 2.65 bits per heavy atom. The van der Waals surface area contributed by atoms with E-state index in [-0.39, 0.29) is 52.4 Å². The van der Waals surface area contributed by atoms with Gasteiger partial charge in [-0.25, -0.2) is 14.4 Å². The second kappa shape index (κ2) is 10.3. The number of thiazole rings is 1. The smallest absolute Gasteiger partial charge is 0.419 e. The molecule has 37 heavy (non-hydrogen) atoms. The molecule has 3 aromatic rings. The first-order valence-corrected chi connectivity index (χ1v) is 11.7. The van der Waals surface area contributed by atoms with Crippen molar-refractivity contribution in [3.63, 3.8) is 0 Å². The molecule has 0 aliphatic carbocycles. The first-order chi connectivity index (χ1) is 17.4. The van der Waals surface area contributed by atoms with E-state index < -0.39 is 41.9 Å². The topological polar surface area (TPSA) is 116 Å². The fourth-order valence-electron chi connectivity index (χ4n) is 3.58. The molecule has 0 saturated carbocycles. The van der Waals surface area contributed by atoms with Crippen LogP contribution >= 0.6 is 22.9 Å². The van der Waals surface area contributed by atoms with Gasteiger partial charge >= 0.3 is 12.1 Å². The molecular formula is C22H16ClF4N5O4S. The Balaban J connectivity index is 1.45. The third-order valence-electron chi connectivity index (χ3n) is 5.33. The Morgan fingerprint density at radius 1 is 1.24 bits per heavy atom. The summed E-state index contributed by atoms with van der Waals surface area (Å²) < 4.78 is 53.4. The lowest BCUT2D eigenvalue weighted by molar-refractivity contribution is -0.144. The molecule has 1 aromatic carbocycles. The van der Waals surface area contributed by atoms with E-state index in [9.17, 15) is 31.9 Å². The van der Waals surface area contributed by atoms with Crippen molar-refractivity contribution in [3.8, 4) is 11.3 Å². The van der Waals surface area contributed by atoms with Crippen molar-refractivity contribution in [2.75, 3.05) is 36.4 Å². The number of aromatic nitrogens is 2. The number of hydrogen-bond donors (Lipinski definition) is 2. The van der Waals surface area contributed by atoms with Gasteiger partial charge in [-0.1, -0.05) is 17.7 Å². The summed E-state index contributed by atoms with van der Waals surface area (Å²) in [5.41, 5.74) is -1.83. The van der Waals surface area contributed by atoms with Gasteiger partial charge in [0.05, 0.1) is 28.4 Å². The third kappa shape index (κ3) is 5.80. The van der Waals surface area contributed by atoms with Crippen molar-refractivity contribution in [3.05, 3.63) is 57.8 Å². The van der Waals surface area contributed by atoms with Crippen LogP contribution in [0.15, 0.2) is 35.8 Å². The van der Waals surface area contributed by atoms with Crippen molar-refractivity contribution in [1.29, 1.82) is 0 Å². The Kier molecular flexibility index (Phi) is 7.32. The molecule has 2 aromatic heterocycles. The minimum atomic E-state index is -4.87. The number of alkyl halides is 3. The van der Waals surface area contributed by atoms with Gasteiger partial charge in [-0.3, -0.25) is 19.7 Å². The van der Waals surface area contributed by atoms with Gasteiger partial charge in [0.15, 0.2) is 5.13 Å². The van der Waals surface area contributed by atoms with E-state index in [1.54, 1.807) is 4.90 Å². The summed E-state index contributed by atoms with van der Waals surface area (Å²) >= 11 is 7.17. The second-order valence-electron chi connectivity index (χ2n) is 7.82. The number of nitrogens with zero attached hydrogens (tertiary/aromatic N) is 4. The van der Waals surface area contributed by atoms with Gasteiger partial charge in [0, 0.05) is 30.2 Å². The van der Waals surface area contributed by atoms with Gasteiger partial charge < -0.3 is 14.9 Å². The Bertz CT molecular complexity index is 1380. The van der Waals surface area contributed by atoms with E-state index in [0.29, 0.717) is 6.07 Å². The summed E-state index contributed by atoms with van der Waals surface area (Å²) in [5, 5.41) is 12.7. The van der Waals surface area contributed by atoms with Crippen LogP contribution in [0.5, 0.6) is 0 Å². The highest BCUT2D eigenvalue weighted by atomic mass is 35.5. The van der Waals surface area contributed by atoms with Crippen LogP contribution in [0.4, 0.5) is 28.5 Å². The standard InChI is InChI=1S/C22H16ClF4N5O4S/c23-14-6-11(7-28-19(14)32-5-4-31(9-17(34)35)16(33)8-32)20(36)30-21-29-15(10-37-21)12-2-1-3-13(18(12)24)22(25,26)27/h1-3,6-7,10H,4-5,8-9H2,(H,34,35)(H,29,30,36). The van der Waals surface area contributed by atoms with Crippen molar-refractivity contribution < 1.29 is 37.1 Å². The van der Waals surface area contributed by atoms with Crippen LogP contribution in [-0.2, 0) is 15.8 Å². The van der Waals surface area contributed by atoms with Crippen molar-refractivity contribution in [2.45, 2.75) is 6.18 Å². The molecule has 4 rings (SSSR count). The first-order valence-electron chi connectivity index (χ1n) is 10.5. The number of aliphatic carboxylic acids is 1. The quantitative estimate of drug-likeness (QED) is 0.440. The molecule has 1 saturated heterocycles. The summed E-state index contributed by atoms with van der Waals surface area (Å²) in [6, 6.07) is 4.15. The molecule has 194 valence electrons. The molecule has 2 amide bonds. The number of carboxylic acid groups (broad SMARTS) is 1. The van der Waals surface area contributed by atoms with E-state index in [1.807, 2.05) is 0 Å². The minimum absolute atomic E-state index is 0.0113. The van der Waals surface area contributed by atoms with Gasteiger partial charge in [0.2, 0.25) is 5.91 Å². The van der Waals surface area contributed by atoms with Gasteiger partial charge in [-0.05, 0) is 18.2 Å². The lowest BCUT2D eigenvalue weighted by Gasteiger charge is -2.34. The number of nitrogens with one attached hydrogen (secondary N) is 1. The molecule has 1 fully saturated rings. The first kappa shape index (κ1) is 26.3. The van der Waals surface area contributed by atoms with Gasteiger partial charge in [-0.2, -0.15) is 13.2 Å². The number of halogens is 5. The average Bonchev–Trinajstić information content (AvgIpc) is 3.27. The second-order valence-corrected chi connectivity index (χ2v) is 9.08. The maximum absolute atomic E-state index is 14.4. The molecular weight excluding hydrogens is 542 g/mol. The predicted octanol–water partition coefficient (Wildman–Crippen LogP) is 4.00. The van der Waals surface area contributed by atoms with Crippen LogP contribution < -0.4 is 10.2 Å². The van der Waals surface area contributed by atoms with E-state index in [0.717, 1.165) is 23.5 Å². The van der Waals surface area contributed by atoms with Crippen molar-refractivity contribution in [1.82, 2.24) is 14.9 Å². The van der Waals surface area contributed by atoms with Crippen LogP contribution in [-0.4, -0.2) is 63.9 Å². The Hall–Kier alpha value is -3.78. The molecule has 0 bridgehead atoms. The number of piperazine rings is 1. The Morgan fingerprint density at radius 2 is 2.00 bits per heavy atom. The SMILES string of the molecule is O=C(O)CN1CCN(c2ncc(C(=O)Nc3nc(-c4cccc(C(F)(F)F)c4F)cs3)cc2Cl)CC1=O. The maximum Gasteiger partial charge on any atom is 0.419 e. The number of hydrogen-bond acceptors (Lipinski definition) is 7. The van der Waals surface area contributed by atoms with Crippen LogP contribution in [0.25, 0.3) is 11.3 Å². The molecule has 2 N–H and O–H groups in total. The lowest BCUT2D eigenvalue weighted by atomic mass is 10.1. The summed E-state index contributed by atoms with van der Waals surface area (Å²) in [5.74, 6) is -3.44.